The molecule has 140 valence electrons. The van der Waals surface area contributed by atoms with Crippen LogP contribution >= 0.6 is 0 Å². The van der Waals surface area contributed by atoms with Gasteiger partial charge in [0.1, 0.15) is 8.07 Å². The summed E-state index contributed by atoms with van der Waals surface area (Å²) >= 11 is 0. The van der Waals surface area contributed by atoms with Gasteiger partial charge >= 0.3 is 0 Å². The monoisotopic (exact) mass is 373 g/mol. The van der Waals surface area contributed by atoms with Crippen molar-refractivity contribution in [1.29, 1.82) is 0 Å². The average molecular weight is 374 g/mol. The van der Waals surface area contributed by atoms with Crippen molar-refractivity contribution in [1.82, 2.24) is 4.57 Å². The van der Waals surface area contributed by atoms with E-state index in [9.17, 15) is 0 Å². The molecule has 0 amide bonds. The zero-order chi connectivity index (χ0) is 18.7. The molecular formula is C22H39NSi2. The number of fused-ring (bicyclic) bond motifs is 1. The molecule has 0 unspecified atom stereocenters. The van der Waals surface area contributed by atoms with Gasteiger partial charge in [-0.3, -0.25) is 0 Å². The zero-order valence-corrected chi connectivity index (χ0v) is 19.7. The highest BCUT2D eigenvalue weighted by molar-refractivity contribution is 6.91. The molecule has 1 nitrogen and oxygen atoms in total. The molecule has 0 aliphatic rings. The molecule has 0 radical (unpaired) electrons. The van der Waals surface area contributed by atoms with Gasteiger partial charge in [0.25, 0.3) is 0 Å². The van der Waals surface area contributed by atoms with Crippen LogP contribution in [0.3, 0.4) is 0 Å². The number of benzene rings is 1. The maximum absolute atomic E-state index is 2.60. The van der Waals surface area contributed by atoms with Crippen LogP contribution in [0.5, 0.6) is 0 Å². The minimum Gasteiger partial charge on any atom is -0.351 e. The first-order chi connectivity index (χ1) is 12.0. The molecule has 3 heteroatoms. The van der Waals surface area contributed by atoms with Gasteiger partial charge in [-0.1, -0.05) is 96.0 Å². The third-order valence-electron chi connectivity index (χ3n) is 7.53. The summed E-state index contributed by atoms with van der Waals surface area (Å²) in [5, 5.41) is 3.16. The largest absolute Gasteiger partial charge is 0.351 e. The molecule has 1 aromatic carbocycles. The molecule has 2 rings (SSSR count). The second-order valence-corrected chi connectivity index (χ2v) is 18.7. The van der Waals surface area contributed by atoms with Gasteiger partial charge in [0.2, 0.25) is 0 Å². The number of hydrogen-bond donors (Lipinski definition) is 0. The number of aromatic nitrogens is 1. The van der Waals surface area contributed by atoms with Gasteiger partial charge in [-0.05, 0) is 23.1 Å². The third-order valence-corrected chi connectivity index (χ3v) is 18.8. The van der Waals surface area contributed by atoms with E-state index in [1.165, 1.54) is 53.2 Å². The van der Waals surface area contributed by atoms with Gasteiger partial charge in [0.05, 0.1) is 13.6 Å². The molecule has 0 fully saturated rings. The molecule has 0 saturated carbocycles. The highest BCUT2D eigenvalue weighted by Crippen LogP contribution is 2.30. The molecule has 1 aromatic heterocycles. The average Bonchev–Trinajstić information content (AvgIpc) is 3.00. The fourth-order valence-corrected chi connectivity index (χ4v) is 12.2. The summed E-state index contributed by atoms with van der Waals surface area (Å²) in [6, 6.07) is 19.3. The van der Waals surface area contributed by atoms with E-state index >= 15 is 0 Å². The third kappa shape index (κ3) is 3.55. The fraction of sp³-hybridized carbons (Fsp3) is 0.636. The van der Waals surface area contributed by atoms with E-state index in [-0.39, 0.29) is 0 Å². The van der Waals surface area contributed by atoms with Crippen molar-refractivity contribution in [3.8, 4) is 0 Å². The Morgan fingerprint density at radius 1 is 0.800 bits per heavy atom. The second kappa shape index (κ2) is 8.26. The van der Waals surface area contributed by atoms with Crippen molar-refractivity contribution in [3.05, 3.63) is 29.8 Å². The van der Waals surface area contributed by atoms with Crippen molar-refractivity contribution in [2.75, 3.05) is 0 Å². The normalized spacial score (nSPS) is 12.9. The van der Waals surface area contributed by atoms with Gasteiger partial charge in [-0.25, -0.2) is 0 Å². The maximum Gasteiger partial charge on any atom is 0.107 e. The molecular weight excluding hydrogens is 334 g/mol. The lowest BCUT2D eigenvalue weighted by Gasteiger charge is -2.30. The molecule has 0 aliphatic carbocycles. The Morgan fingerprint density at radius 3 is 1.84 bits per heavy atom. The Hall–Kier alpha value is -0.806. The second-order valence-electron chi connectivity index (χ2n) is 8.02. The van der Waals surface area contributed by atoms with Crippen LogP contribution in [0.25, 0.3) is 10.9 Å². The molecule has 0 atom stereocenters. The van der Waals surface area contributed by atoms with Crippen molar-refractivity contribution in [2.24, 2.45) is 7.05 Å². The predicted molar refractivity (Wildman–Crippen MR) is 121 cm³/mol. The summed E-state index contributed by atoms with van der Waals surface area (Å²) in [6.45, 7) is 14.5. The number of hydrogen-bond acceptors (Lipinski definition) is 0. The Morgan fingerprint density at radius 2 is 1.36 bits per heavy atom. The van der Waals surface area contributed by atoms with E-state index in [0.717, 1.165) is 0 Å². The topological polar surface area (TPSA) is 4.93 Å². The van der Waals surface area contributed by atoms with Crippen LogP contribution < -0.4 is 5.32 Å². The predicted octanol–water partition coefficient (Wildman–Crippen LogP) is 6.48. The van der Waals surface area contributed by atoms with Gasteiger partial charge < -0.3 is 4.57 Å². The smallest absolute Gasteiger partial charge is 0.107 e. The number of rotatable bonds is 9. The maximum atomic E-state index is 2.60. The summed E-state index contributed by atoms with van der Waals surface area (Å²) < 4.78 is 2.60. The molecule has 25 heavy (non-hydrogen) atoms. The van der Waals surface area contributed by atoms with Crippen molar-refractivity contribution in [3.63, 3.8) is 0 Å². The fourth-order valence-electron chi connectivity index (χ4n) is 4.98. The van der Waals surface area contributed by atoms with Gasteiger partial charge in [-0.2, -0.15) is 0 Å². The summed E-state index contributed by atoms with van der Waals surface area (Å²) in [6.07, 6.45) is 0. The lowest BCUT2D eigenvalue weighted by Crippen LogP contribution is -2.49. The van der Waals surface area contributed by atoms with Crippen molar-refractivity contribution in [2.45, 2.75) is 83.9 Å². The molecule has 0 saturated heterocycles. The number of nitrogens with zero attached hydrogens (tertiary/aromatic N) is 1. The highest BCUT2D eigenvalue weighted by atomic mass is 28.3. The van der Waals surface area contributed by atoms with Crippen LogP contribution in [0.2, 0.25) is 36.3 Å². The Bertz CT molecular complexity index is 677. The Labute approximate surface area is 157 Å². The van der Waals surface area contributed by atoms with Crippen LogP contribution in [0.1, 0.15) is 47.1 Å². The van der Waals surface area contributed by atoms with E-state index in [2.05, 4.69) is 77.4 Å². The molecule has 0 N–H and O–H groups in total. The van der Waals surface area contributed by atoms with Crippen LogP contribution in [-0.2, 0) is 13.1 Å². The van der Waals surface area contributed by atoms with E-state index in [1.54, 1.807) is 10.9 Å². The van der Waals surface area contributed by atoms with E-state index in [1.807, 2.05) is 0 Å². The zero-order valence-electron chi connectivity index (χ0n) is 17.7. The summed E-state index contributed by atoms with van der Waals surface area (Å²) in [4.78, 5) is 0. The van der Waals surface area contributed by atoms with Crippen molar-refractivity contribution < 1.29 is 0 Å². The first-order valence-electron chi connectivity index (χ1n) is 10.5. The minimum atomic E-state index is -1.35. The van der Waals surface area contributed by atoms with Gasteiger partial charge in [0.15, 0.2) is 0 Å². The highest BCUT2D eigenvalue weighted by Gasteiger charge is 2.33. The summed E-state index contributed by atoms with van der Waals surface area (Å²) in [5.74, 6) is 0. The van der Waals surface area contributed by atoms with Crippen LogP contribution in [0.4, 0.5) is 0 Å². The van der Waals surface area contributed by atoms with Crippen LogP contribution in [-0.4, -0.2) is 20.7 Å². The van der Waals surface area contributed by atoms with E-state index in [4.69, 9.17) is 0 Å². The van der Waals surface area contributed by atoms with E-state index in [0.29, 0.717) is 0 Å². The molecule has 0 bridgehead atoms. The number of para-hydroxylation sites is 1. The molecule has 2 aromatic rings. The quantitative estimate of drug-likeness (QED) is 0.443. The van der Waals surface area contributed by atoms with Gasteiger partial charge in [0, 0.05) is 12.4 Å². The number of aryl methyl sites for hydroxylation is 1. The lowest BCUT2D eigenvalue weighted by atomic mass is 10.2. The molecule has 0 aliphatic heterocycles. The Balaban J connectivity index is 2.63. The van der Waals surface area contributed by atoms with Gasteiger partial charge in [-0.15, -0.1) is 0 Å². The van der Waals surface area contributed by atoms with Crippen LogP contribution in [0.15, 0.2) is 24.3 Å². The first kappa shape index (κ1) is 20.5. The first-order valence-corrected chi connectivity index (χ1v) is 16.0. The van der Waals surface area contributed by atoms with Crippen molar-refractivity contribution >= 4 is 32.4 Å². The standard InChI is InChI=1S/C22H39NSi2/c1-8-24(9-2,10-3)18-20-16-14-15-19-17-21(23(7)22(19)20)25(11-4,12-5)13-6/h14-17H,8-13,18H2,1-7H3. The molecule has 0 spiro atoms. The summed E-state index contributed by atoms with van der Waals surface area (Å²) in [7, 11) is -0.171. The summed E-state index contributed by atoms with van der Waals surface area (Å²) in [5.41, 5.74) is 3.16. The van der Waals surface area contributed by atoms with Crippen LogP contribution in [0, 0.1) is 0 Å². The minimum absolute atomic E-state index is 1.16. The SMILES string of the molecule is CC[Si](CC)(CC)Cc1cccc2cc([Si](CC)(CC)CC)n(C)c12. The lowest BCUT2D eigenvalue weighted by molar-refractivity contribution is 0.973. The Kier molecular flexibility index (Phi) is 6.77. The van der Waals surface area contributed by atoms with E-state index < -0.39 is 16.1 Å². The molecule has 1 heterocycles.